The summed E-state index contributed by atoms with van der Waals surface area (Å²) in [7, 11) is 7.64. The van der Waals surface area contributed by atoms with Crippen LogP contribution in [0.1, 0.15) is 18.0 Å². The zero-order valence-electron chi connectivity index (χ0n) is 18.1. The lowest BCUT2D eigenvalue weighted by molar-refractivity contribution is 0.287. The number of anilines is 1. The molecule has 0 spiro atoms. The molecule has 1 fully saturated rings. The van der Waals surface area contributed by atoms with Gasteiger partial charge in [0.1, 0.15) is 11.6 Å². The first-order chi connectivity index (χ1) is 14.5. The summed E-state index contributed by atoms with van der Waals surface area (Å²) >= 11 is 6.31. The van der Waals surface area contributed by atoms with Crippen LogP contribution >= 0.6 is 11.6 Å². The van der Waals surface area contributed by atoms with Crippen LogP contribution in [0.5, 0.6) is 5.75 Å². The van der Waals surface area contributed by atoms with Gasteiger partial charge in [0.2, 0.25) is 0 Å². The highest BCUT2D eigenvalue weighted by atomic mass is 35.5. The van der Waals surface area contributed by atoms with Crippen LogP contribution in [0.25, 0.3) is 0 Å². The number of hydrogen-bond donors (Lipinski definition) is 2. The van der Waals surface area contributed by atoms with Crippen LogP contribution < -0.4 is 20.3 Å². The van der Waals surface area contributed by atoms with Gasteiger partial charge < -0.3 is 25.2 Å². The number of halogens is 1. The number of aliphatic imine (C=N–C) groups is 1. The quantitative estimate of drug-likeness (QED) is 0.520. The van der Waals surface area contributed by atoms with Crippen LogP contribution in [-0.4, -0.2) is 69.8 Å². The van der Waals surface area contributed by atoms with Crippen molar-refractivity contribution in [2.45, 2.75) is 18.5 Å². The second-order valence-electron chi connectivity index (χ2n) is 7.56. The SMILES string of the molecule is CN=C(NCC(c1ccccc1OC)N(C)C)NC1CCN(c2ncccc2Cl)C1. The molecule has 1 aliphatic heterocycles. The van der Waals surface area contributed by atoms with Crippen LogP contribution in [0.3, 0.4) is 0 Å². The Balaban J connectivity index is 1.60. The number of hydrogen-bond acceptors (Lipinski definition) is 5. The average molecular weight is 431 g/mol. The second-order valence-corrected chi connectivity index (χ2v) is 7.97. The van der Waals surface area contributed by atoms with E-state index in [0.717, 1.165) is 42.6 Å². The van der Waals surface area contributed by atoms with Gasteiger partial charge >= 0.3 is 0 Å². The number of likely N-dealkylation sites (N-methyl/N-ethyl adjacent to an activating group) is 1. The van der Waals surface area contributed by atoms with E-state index < -0.39 is 0 Å². The van der Waals surface area contributed by atoms with E-state index in [-0.39, 0.29) is 12.1 Å². The van der Waals surface area contributed by atoms with Gasteiger partial charge in [0, 0.05) is 44.5 Å². The maximum atomic E-state index is 6.31. The molecule has 0 amide bonds. The summed E-state index contributed by atoms with van der Waals surface area (Å²) < 4.78 is 5.56. The molecule has 2 N–H and O–H groups in total. The molecule has 7 nitrogen and oxygen atoms in total. The van der Waals surface area contributed by atoms with Gasteiger partial charge in [0.05, 0.1) is 18.2 Å². The highest BCUT2D eigenvalue weighted by Gasteiger charge is 2.26. The lowest BCUT2D eigenvalue weighted by Gasteiger charge is -2.28. The molecular weight excluding hydrogens is 400 g/mol. The molecular formula is C22H31ClN6O. The van der Waals surface area contributed by atoms with E-state index in [2.05, 4.69) is 50.6 Å². The van der Waals surface area contributed by atoms with Crippen molar-refractivity contribution in [2.75, 3.05) is 52.8 Å². The predicted molar refractivity (Wildman–Crippen MR) is 124 cm³/mol. The summed E-state index contributed by atoms with van der Waals surface area (Å²) in [5.74, 6) is 2.52. The molecule has 0 radical (unpaired) electrons. The number of para-hydroxylation sites is 1. The van der Waals surface area contributed by atoms with E-state index in [4.69, 9.17) is 16.3 Å². The normalized spacial score (nSPS) is 17.9. The largest absolute Gasteiger partial charge is 0.496 e. The molecule has 30 heavy (non-hydrogen) atoms. The van der Waals surface area contributed by atoms with Crippen molar-refractivity contribution in [2.24, 2.45) is 4.99 Å². The summed E-state index contributed by atoms with van der Waals surface area (Å²) in [6.07, 6.45) is 2.78. The van der Waals surface area contributed by atoms with Crippen molar-refractivity contribution < 1.29 is 4.74 Å². The fourth-order valence-corrected chi connectivity index (χ4v) is 4.02. The fraction of sp³-hybridized carbons (Fsp3) is 0.455. The zero-order valence-corrected chi connectivity index (χ0v) is 18.9. The first-order valence-corrected chi connectivity index (χ1v) is 10.5. The molecule has 0 bridgehead atoms. The van der Waals surface area contributed by atoms with Gasteiger partial charge in [-0.3, -0.25) is 4.99 Å². The van der Waals surface area contributed by atoms with E-state index in [1.165, 1.54) is 0 Å². The minimum absolute atomic E-state index is 0.145. The number of rotatable bonds is 7. The number of pyridine rings is 1. The molecule has 8 heteroatoms. The van der Waals surface area contributed by atoms with Gasteiger partial charge in [0.25, 0.3) is 0 Å². The first-order valence-electron chi connectivity index (χ1n) is 10.2. The van der Waals surface area contributed by atoms with Crippen molar-refractivity contribution in [3.63, 3.8) is 0 Å². The molecule has 0 aliphatic carbocycles. The predicted octanol–water partition coefficient (Wildman–Crippen LogP) is 2.79. The van der Waals surface area contributed by atoms with Crippen molar-refractivity contribution >= 4 is 23.4 Å². The number of guanidine groups is 1. The Bertz CT molecular complexity index is 859. The molecule has 2 heterocycles. The Kier molecular flexibility index (Phi) is 7.76. The minimum atomic E-state index is 0.145. The average Bonchev–Trinajstić information content (AvgIpc) is 3.21. The van der Waals surface area contributed by atoms with Gasteiger partial charge in [0.15, 0.2) is 5.96 Å². The first kappa shape index (κ1) is 22.2. The number of ether oxygens (including phenoxy) is 1. The van der Waals surface area contributed by atoms with Crippen LogP contribution in [0.2, 0.25) is 5.02 Å². The van der Waals surface area contributed by atoms with Crippen molar-refractivity contribution in [1.82, 2.24) is 20.5 Å². The third-order valence-electron chi connectivity index (χ3n) is 5.38. The van der Waals surface area contributed by atoms with Gasteiger partial charge in [-0.05, 0) is 38.7 Å². The summed E-state index contributed by atoms with van der Waals surface area (Å²) in [4.78, 5) is 13.2. The third kappa shape index (κ3) is 5.34. The third-order valence-corrected chi connectivity index (χ3v) is 5.67. The summed E-state index contributed by atoms with van der Waals surface area (Å²) in [6.45, 7) is 2.45. The van der Waals surface area contributed by atoms with Crippen LogP contribution in [0, 0.1) is 0 Å². The Morgan fingerprint density at radius 3 is 2.83 bits per heavy atom. The second kappa shape index (κ2) is 10.5. The Morgan fingerprint density at radius 1 is 1.33 bits per heavy atom. The molecule has 2 unspecified atom stereocenters. The minimum Gasteiger partial charge on any atom is -0.496 e. The van der Waals surface area contributed by atoms with Crippen molar-refractivity contribution in [1.29, 1.82) is 0 Å². The van der Waals surface area contributed by atoms with E-state index >= 15 is 0 Å². The Hall–Kier alpha value is -2.51. The van der Waals surface area contributed by atoms with E-state index in [9.17, 15) is 0 Å². The number of aromatic nitrogens is 1. The molecule has 2 atom stereocenters. The van der Waals surface area contributed by atoms with Gasteiger partial charge in [-0.15, -0.1) is 0 Å². The standard InChI is InChI=1S/C22H31ClN6O/c1-24-22(26-14-19(28(2)3)17-8-5-6-10-20(17)30-4)27-16-11-13-29(15-16)21-18(23)9-7-12-25-21/h5-10,12,16,19H,11,13-15H2,1-4H3,(H2,24,26,27). The topological polar surface area (TPSA) is 65.0 Å². The van der Waals surface area contributed by atoms with E-state index in [1.807, 2.05) is 30.3 Å². The highest BCUT2D eigenvalue weighted by molar-refractivity contribution is 6.32. The van der Waals surface area contributed by atoms with Gasteiger partial charge in [-0.1, -0.05) is 29.8 Å². The maximum absolute atomic E-state index is 6.31. The maximum Gasteiger partial charge on any atom is 0.191 e. The molecule has 0 saturated carbocycles. The lowest BCUT2D eigenvalue weighted by Crippen LogP contribution is -2.46. The number of nitrogens with one attached hydrogen (secondary N) is 2. The van der Waals surface area contributed by atoms with Gasteiger partial charge in [-0.25, -0.2) is 4.98 Å². The highest BCUT2D eigenvalue weighted by Crippen LogP contribution is 2.28. The van der Waals surface area contributed by atoms with E-state index in [0.29, 0.717) is 11.6 Å². The zero-order chi connectivity index (χ0) is 21.5. The smallest absolute Gasteiger partial charge is 0.191 e. The number of benzene rings is 1. The molecule has 1 saturated heterocycles. The number of methoxy groups -OCH3 is 1. The van der Waals surface area contributed by atoms with Crippen molar-refractivity contribution in [3.8, 4) is 5.75 Å². The molecule has 162 valence electrons. The molecule has 1 aromatic heterocycles. The summed E-state index contributed by atoms with van der Waals surface area (Å²) in [6, 6.07) is 12.3. The number of nitrogens with zero attached hydrogens (tertiary/aromatic N) is 4. The lowest BCUT2D eigenvalue weighted by atomic mass is 10.0. The Labute approximate surface area is 184 Å². The molecule has 2 aromatic rings. The monoisotopic (exact) mass is 430 g/mol. The van der Waals surface area contributed by atoms with Crippen molar-refractivity contribution in [3.05, 3.63) is 53.2 Å². The Morgan fingerprint density at radius 2 is 2.13 bits per heavy atom. The van der Waals surface area contributed by atoms with Crippen LogP contribution in [-0.2, 0) is 0 Å². The fourth-order valence-electron chi connectivity index (χ4n) is 3.77. The van der Waals surface area contributed by atoms with E-state index in [1.54, 1.807) is 20.4 Å². The van der Waals surface area contributed by atoms with Crippen LogP contribution in [0.4, 0.5) is 5.82 Å². The summed E-state index contributed by atoms with van der Waals surface area (Å²) in [5, 5.41) is 7.70. The molecule has 1 aromatic carbocycles. The molecule has 1 aliphatic rings. The van der Waals surface area contributed by atoms with Crippen LogP contribution in [0.15, 0.2) is 47.6 Å². The molecule has 3 rings (SSSR count). The summed E-state index contributed by atoms with van der Waals surface area (Å²) in [5.41, 5.74) is 1.14. The van der Waals surface area contributed by atoms with Gasteiger partial charge in [-0.2, -0.15) is 0 Å².